The second kappa shape index (κ2) is 22.3. The van der Waals surface area contributed by atoms with Crippen molar-refractivity contribution in [2.75, 3.05) is 28.4 Å². The smallest absolute Gasteiger partial charge is 0.333 e. The normalized spacial score (nSPS) is 49.3. The highest BCUT2D eigenvalue weighted by molar-refractivity contribution is 5.88. The van der Waals surface area contributed by atoms with Crippen LogP contribution >= 0.6 is 0 Å². The van der Waals surface area contributed by atoms with Crippen molar-refractivity contribution >= 4 is 11.8 Å². The molecule has 4 aliphatic carbocycles. The van der Waals surface area contributed by atoms with Crippen molar-refractivity contribution in [3.8, 4) is 0 Å². The number of allylic oxidation sites excluding steroid dienone is 2. The van der Waals surface area contributed by atoms with E-state index in [0.29, 0.717) is 56.9 Å². The average molecular weight is 1010 g/mol. The van der Waals surface area contributed by atoms with Crippen LogP contribution in [0.2, 0.25) is 0 Å². The Bertz CT molecular complexity index is 1910. The zero-order valence-corrected chi connectivity index (χ0v) is 44.6. The first kappa shape index (κ1) is 55.3. The maximum atomic E-state index is 13.4. The Morgan fingerprint density at radius 1 is 0.662 bits per heavy atom. The minimum atomic E-state index is -1.15. The highest BCUT2D eigenvalue weighted by atomic mass is 16.8. The number of aliphatic hydroxyl groups is 2. The largest absolute Gasteiger partial charge is 0.458 e. The molecule has 0 bridgehead atoms. The summed E-state index contributed by atoms with van der Waals surface area (Å²) in [6.07, 6.45) is 2.27. The molecule has 0 radical (unpaired) electrons. The molecule has 8 rings (SSSR count). The number of Topliss-reactive ketones (excluding diaryl/α,β-unsaturated/α-hetero) is 1. The molecule has 17 heteroatoms. The molecule has 4 saturated heterocycles. The molecular weight excluding hydrogens is 921 g/mol. The van der Waals surface area contributed by atoms with Gasteiger partial charge in [-0.1, -0.05) is 31.6 Å². The lowest BCUT2D eigenvalue weighted by atomic mass is 9.45. The number of hydrogen-bond acceptors (Lipinski definition) is 17. The Balaban J connectivity index is 0.855. The van der Waals surface area contributed by atoms with Crippen LogP contribution in [0.15, 0.2) is 23.3 Å². The van der Waals surface area contributed by atoms with Crippen molar-refractivity contribution in [3.63, 3.8) is 0 Å². The highest BCUT2D eigenvalue weighted by Crippen LogP contribution is 2.68. The summed E-state index contributed by atoms with van der Waals surface area (Å²) in [5, 5.41) is 23.3. The van der Waals surface area contributed by atoms with E-state index in [1.165, 1.54) is 5.57 Å². The van der Waals surface area contributed by atoms with Crippen molar-refractivity contribution in [1.82, 2.24) is 0 Å². The predicted molar refractivity (Wildman–Crippen MR) is 257 cm³/mol. The van der Waals surface area contributed by atoms with E-state index in [1.54, 1.807) is 55.3 Å². The van der Waals surface area contributed by atoms with Gasteiger partial charge >= 0.3 is 5.97 Å². The number of fused-ring (bicyclic) bond motifs is 5. The molecule has 24 atom stereocenters. The van der Waals surface area contributed by atoms with E-state index >= 15 is 0 Å². The lowest BCUT2D eigenvalue weighted by Gasteiger charge is -2.63. The second-order valence-corrected chi connectivity index (χ2v) is 22.5. The van der Waals surface area contributed by atoms with Crippen LogP contribution in [0.1, 0.15) is 133 Å². The molecular formula is C54H86O17. The van der Waals surface area contributed by atoms with Crippen LogP contribution in [0.25, 0.3) is 0 Å². The zero-order chi connectivity index (χ0) is 51.3. The first-order chi connectivity index (χ1) is 33.7. The van der Waals surface area contributed by atoms with Gasteiger partial charge in [-0.15, -0.1) is 0 Å². The summed E-state index contributed by atoms with van der Waals surface area (Å²) in [6.45, 7) is 17.1. The number of esters is 1. The Labute approximate surface area is 421 Å². The third-order valence-corrected chi connectivity index (χ3v) is 18.8. The quantitative estimate of drug-likeness (QED) is 0.106. The molecule has 2 N–H and O–H groups in total. The summed E-state index contributed by atoms with van der Waals surface area (Å²) in [4.78, 5) is 26.5. The molecule has 12 unspecified atom stereocenters. The van der Waals surface area contributed by atoms with Crippen molar-refractivity contribution < 1.29 is 81.4 Å². The van der Waals surface area contributed by atoms with Gasteiger partial charge in [-0.2, -0.15) is 0 Å². The molecule has 0 amide bonds. The van der Waals surface area contributed by atoms with Crippen molar-refractivity contribution in [2.24, 2.45) is 28.6 Å². The molecule has 0 aromatic carbocycles. The Morgan fingerprint density at radius 3 is 1.62 bits per heavy atom. The number of methoxy groups -OCH3 is 4. The third kappa shape index (κ3) is 10.5. The van der Waals surface area contributed by atoms with Gasteiger partial charge in [-0.05, 0) is 111 Å². The van der Waals surface area contributed by atoms with Crippen molar-refractivity contribution in [3.05, 3.63) is 23.3 Å². The van der Waals surface area contributed by atoms with E-state index in [9.17, 15) is 19.8 Å². The molecule has 404 valence electrons. The molecule has 3 saturated carbocycles. The average Bonchev–Trinajstić information content (AvgIpc) is 3.63. The summed E-state index contributed by atoms with van der Waals surface area (Å²) < 4.78 is 81.8. The number of rotatable bonds is 15. The van der Waals surface area contributed by atoms with Crippen molar-refractivity contribution in [1.29, 1.82) is 0 Å². The minimum Gasteiger partial charge on any atom is -0.458 e. The van der Waals surface area contributed by atoms with Crippen LogP contribution in [-0.2, 0) is 71.2 Å². The number of carbonyl (C=O) groups is 2. The SMILES string of the molecule is C/C=C(\C)C(=O)OC1CC2C(CC=C3CC(O[C@H]4C[C@@H](OC)[C@H](O[C@H]5C[C@@H](OC)[C@H](O[C@H]6C[C@@H](OC)[C@H](O[C@H]7C[C@@H](OC)[C@H](O)C(C)O7)C(C)O6)C(C)O5)C(C)O4)CCC32C)C2(O)CCC(C(C)=O)C12C. The maximum Gasteiger partial charge on any atom is 0.333 e. The zero-order valence-electron chi connectivity index (χ0n) is 44.6. The van der Waals surface area contributed by atoms with Gasteiger partial charge < -0.3 is 71.8 Å². The summed E-state index contributed by atoms with van der Waals surface area (Å²) in [5.74, 6) is -0.718. The van der Waals surface area contributed by atoms with Gasteiger partial charge in [-0.25, -0.2) is 4.79 Å². The lowest BCUT2D eigenvalue weighted by molar-refractivity contribution is -0.347. The molecule has 0 aromatic heterocycles. The van der Waals surface area contributed by atoms with Gasteiger partial charge in [0.1, 0.15) is 36.3 Å². The van der Waals surface area contributed by atoms with Crippen LogP contribution < -0.4 is 0 Å². The summed E-state index contributed by atoms with van der Waals surface area (Å²) in [7, 11) is 6.56. The van der Waals surface area contributed by atoms with Crippen LogP contribution in [0.3, 0.4) is 0 Å². The minimum absolute atomic E-state index is 0.0422. The highest BCUT2D eigenvalue weighted by Gasteiger charge is 2.71. The van der Waals surface area contributed by atoms with Gasteiger partial charge in [0, 0.05) is 71.0 Å². The second-order valence-electron chi connectivity index (χ2n) is 22.5. The first-order valence-electron chi connectivity index (χ1n) is 26.5. The lowest BCUT2D eigenvalue weighted by Crippen LogP contribution is -2.66. The topological polar surface area (TPSA) is 195 Å². The molecule has 0 aromatic rings. The molecule has 0 spiro atoms. The van der Waals surface area contributed by atoms with E-state index < -0.39 is 91.1 Å². The summed E-state index contributed by atoms with van der Waals surface area (Å²) >= 11 is 0. The summed E-state index contributed by atoms with van der Waals surface area (Å²) in [6, 6.07) is 0. The van der Waals surface area contributed by atoms with E-state index in [-0.39, 0.29) is 65.4 Å². The molecule has 8 aliphatic rings. The maximum absolute atomic E-state index is 13.4. The molecule has 4 heterocycles. The van der Waals surface area contributed by atoms with E-state index in [2.05, 4.69) is 13.0 Å². The number of ether oxygens (including phenoxy) is 13. The molecule has 71 heavy (non-hydrogen) atoms. The predicted octanol–water partition coefficient (Wildman–Crippen LogP) is 6.26. The summed E-state index contributed by atoms with van der Waals surface area (Å²) in [5.41, 5.74) is -0.429. The van der Waals surface area contributed by atoms with Crippen molar-refractivity contribution in [2.45, 2.75) is 249 Å². The van der Waals surface area contributed by atoms with Gasteiger partial charge in [0.05, 0.1) is 60.5 Å². The van der Waals surface area contributed by atoms with E-state index in [4.69, 9.17) is 61.6 Å². The van der Waals surface area contributed by atoms with Gasteiger partial charge in [0.25, 0.3) is 0 Å². The monoisotopic (exact) mass is 1010 g/mol. The fraction of sp³-hybridized carbons (Fsp3) is 0.889. The fourth-order valence-electron chi connectivity index (χ4n) is 14.4. The Hall–Kier alpha value is -1.94. The molecule has 17 nitrogen and oxygen atoms in total. The van der Waals surface area contributed by atoms with E-state index in [0.717, 1.165) is 19.3 Å². The Morgan fingerprint density at radius 2 is 1.14 bits per heavy atom. The van der Waals surface area contributed by atoms with Crippen LogP contribution in [0.5, 0.6) is 0 Å². The fourth-order valence-corrected chi connectivity index (χ4v) is 14.4. The van der Waals surface area contributed by atoms with E-state index in [1.807, 2.05) is 34.6 Å². The number of aliphatic hydroxyl groups excluding tert-OH is 1. The third-order valence-electron chi connectivity index (χ3n) is 18.8. The van der Waals surface area contributed by atoms with Gasteiger partial charge in [0.2, 0.25) is 0 Å². The molecule has 7 fully saturated rings. The van der Waals surface area contributed by atoms with Gasteiger partial charge in [0.15, 0.2) is 25.2 Å². The Kier molecular flexibility index (Phi) is 17.4. The van der Waals surface area contributed by atoms with Crippen LogP contribution in [0.4, 0.5) is 0 Å². The van der Waals surface area contributed by atoms with Crippen LogP contribution in [0, 0.1) is 28.6 Å². The number of carbonyl (C=O) groups excluding carboxylic acids is 2. The standard InChI is InChI=1S/C54H86O17/c1-14-27(2)51(57)68-42-22-37-36(54(58)20-18-35(28(3)55)53(42,54)9)16-15-33-21-34(17-19-52(33,37)8)67-43-24-39(60-11)48(30(5)64-43)70-45-26-41(62-13)50(32(7)66-45)71-46-25-40(61-12)49(31(6)65-46)69-44-23-38(59-10)47(56)29(4)63-44/h14-15,29-32,34-50,56,58H,16-26H2,1-13H3/b27-14+/t29?,30?,31?,32?,34?,35?,36?,37?,38-,39-,40-,41-,42?,43+,44+,45+,46+,47-,48-,49-,50-,52?,53?,54?/m1/s1. The molecule has 4 aliphatic heterocycles. The number of ketones is 1. The first-order valence-corrected chi connectivity index (χ1v) is 26.5. The number of hydrogen-bond donors (Lipinski definition) is 2. The van der Waals surface area contributed by atoms with Gasteiger partial charge in [-0.3, -0.25) is 4.79 Å². The van der Waals surface area contributed by atoms with Crippen LogP contribution in [-0.4, -0.2) is 167 Å².